The summed E-state index contributed by atoms with van der Waals surface area (Å²) in [7, 11) is 3.69. The highest BCUT2D eigenvalue weighted by atomic mass is 32.1. The second-order valence-electron chi connectivity index (χ2n) is 6.05. The lowest BCUT2D eigenvalue weighted by atomic mass is 10.2. The van der Waals surface area contributed by atoms with Gasteiger partial charge in [-0.05, 0) is 19.1 Å². The van der Waals surface area contributed by atoms with Crippen molar-refractivity contribution >= 4 is 23.0 Å². The quantitative estimate of drug-likeness (QED) is 0.554. The van der Waals surface area contributed by atoms with E-state index in [0.29, 0.717) is 30.5 Å². The summed E-state index contributed by atoms with van der Waals surface area (Å²) in [6.45, 7) is 3.22. The summed E-state index contributed by atoms with van der Waals surface area (Å²) in [5.41, 5.74) is 0.293. The van der Waals surface area contributed by atoms with Crippen LogP contribution in [0.1, 0.15) is 17.6 Å². The monoisotopic (exact) mass is 399 g/mol. The first kappa shape index (κ1) is 21.0. The lowest BCUT2D eigenvalue weighted by Crippen LogP contribution is -2.45. The molecule has 0 aliphatic carbocycles. The van der Waals surface area contributed by atoms with Crippen molar-refractivity contribution in [3.63, 3.8) is 0 Å². The molecule has 0 amide bonds. The number of para-hydroxylation sites is 1. The number of alkyl halides is 3. The van der Waals surface area contributed by atoms with Crippen molar-refractivity contribution in [3.05, 3.63) is 46.4 Å². The Balaban J connectivity index is 1.76. The Morgan fingerprint density at radius 1 is 1.26 bits per heavy atom. The van der Waals surface area contributed by atoms with Gasteiger partial charge in [0, 0.05) is 50.7 Å². The molecule has 1 aromatic heterocycles. The SMILES string of the molecule is CN=C(NCCc1nc(C(F)(F)F)cs1)NCC(C)N(C)c1ccccc1. The third kappa shape index (κ3) is 6.42. The number of aliphatic imine (C=N–C) groups is 1. The second kappa shape index (κ2) is 9.59. The Hall–Kier alpha value is -2.29. The fourth-order valence-corrected chi connectivity index (χ4v) is 3.17. The molecule has 0 spiro atoms. The highest BCUT2D eigenvalue weighted by Crippen LogP contribution is 2.29. The predicted molar refractivity (Wildman–Crippen MR) is 104 cm³/mol. The van der Waals surface area contributed by atoms with Gasteiger partial charge in [-0.3, -0.25) is 4.99 Å². The molecule has 1 atom stereocenters. The maximum absolute atomic E-state index is 12.6. The van der Waals surface area contributed by atoms with Crippen LogP contribution in [0.15, 0.2) is 40.7 Å². The standard InChI is InChI=1S/C18H24F3N5S/c1-13(26(3)14-7-5-4-6-8-14)11-24-17(22-2)23-10-9-16-25-15(12-27-16)18(19,20)21/h4-8,12-13H,9-11H2,1-3H3,(H2,22,23,24). The average Bonchev–Trinajstić information content (AvgIpc) is 3.13. The minimum Gasteiger partial charge on any atom is -0.370 e. The molecule has 0 saturated heterocycles. The van der Waals surface area contributed by atoms with Crippen LogP contribution in [-0.4, -0.2) is 44.2 Å². The van der Waals surface area contributed by atoms with Gasteiger partial charge in [-0.25, -0.2) is 4.98 Å². The molecule has 148 valence electrons. The topological polar surface area (TPSA) is 52.6 Å². The lowest BCUT2D eigenvalue weighted by molar-refractivity contribution is -0.140. The van der Waals surface area contributed by atoms with Crippen molar-refractivity contribution in [1.29, 1.82) is 0 Å². The lowest BCUT2D eigenvalue weighted by Gasteiger charge is -2.27. The smallest absolute Gasteiger partial charge is 0.370 e. The van der Waals surface area contributed by atoms with Crippen molar-refractivity contribution in [2.75, 3.05) is 32.1 Å². The van der Waals surface area contributed by atoms with Gasteiger partial charge in [0.25, 0.3) is 0 Å². The van der Waals surface area contributed by atoms with Crippen LogP contribution in [0.3, 0.4) is 0 Å². The van der Waals surface area contributed by atoms with E-state index in [4.69, 9.17) is 0 Å². The van der Waals surface area contributed by atoms with Crippen LogP contribution in [0, 0.1) is 0 Å². The maximum Gasteiger partial charge on any atom is 0.434 e. The molecule has 0 aliphatic heterocycles. The number of thiazole rings is 1. The molecule has 0 saturated carbocycles. The summed E-state index contributed by atoms with van der Waals surface area (Å²) < 4.78 is 37.7. The number of nitrogens with one attached hydrogen (secondary N) is 2. The normalized spacial score (nSPS) is 13.3. The molecule has 2 aromatic rings. The molecule has 5 nitrogen and oxygen atoms in total. The number of guanidine groups is 1. The van der Waals surface area contributed by atoms with E-state index < -0.39 is 11.9 Å². The van der Waals surface area contributed by atoms with E-state index in [1.165, 1.54) is 0 Å². The minimum atomic E-state index is -4.39. The molecule has 2 N–H and O–H groups in total. The Labute approximate surface area is 161 Å². The van der Waals surface area contributed by atoms with Crippen LogP contribution in [0.2, 0.25) is 0 Å². The number of halogens is 3. The Morgan fingerprint density at radius 3 is 2.56 bits per heavy atom. The number of benzene rings is 1. The molecular formula is C18H24F3N5S. The zero-order valence-electron chi connectivity index (χ0n) is 15.5. The van der Waals surface area contributed by atoms with E-state index in [0.717, 1.165) is 22.4 Å². The third-order valence-electron chi connectivity index (χ3n) is 4.09. The van der Waals surface area contributed by atoms with Crippen molar-refractivity contribution in [2.24, 2.45) is 4.99 Å². The van der Waals surface area contributed by atoms with Gasteiger partial charge in [-0.2, -0.15) is 13.2 Å². The van der Waals surface area contributed by atoms with Gasteiger partial charge in [0.1, 0.15) is 0 Å². The molecule has 1 aromatic carbocycles. The first-order valence-electron chi connectivity index (χ1n) is 8.55. The van der Waals surface area contributed by atoms with Crippen LogP contribution < -0.4 is 15.5 Å². The van der Waals surface area contributed by atoms with Crippen molar-refractivity contribution < 1.29 is 13.2 Å². The molecule has 1 unspecified atom stereocenters. The molecule has 0 bridgehead atoms. The van der Waals surface area contributed by atoms with E-state index in [9.17, 15) is 13.2 Å². The third-order valence-corrected chi connectivity index (χ3v) is 5.00. The largest absolute Gasteiger partial charge is 0.434 e. The van der Waals surface area contributed by atoms with E-state index in [1.54, 1.807) is 7.05 Å². The fourth-order valence-electron chi connectivity index (χ4n) is 2.36. The zero-order valence-corrected chi connectivity index (χ0v) is 16.4. The summed E-state index contributed by atoms with van der Waals surface area (Å²) in [4.78, 5) is 9.93. The van der Waals surface area contributed by atoms with Crippen LogP contribution >= 0.6 is 11.3 Å². The summed E-state index contributed by atoms with van der Waals surface area (Å²) in [6, 6.07) is 10.3. The summed E-state index contributed by atoms with van der Waals surface area (Å²) in [5, 5.41) is 7.83. The van der Waals surface area contributed by atoms with Crippen LogP contribution in [0.4, 0.5) is 18.9 Å². The Bertz CT molecular complexity index is 730. The first-order chi connectivity index (χ1) is 12.8. The van der Waals surface area contributed by atoms with E-state index in [1.807, 2.05) is 37.4 Å². The van der Waals surface area contributed by atoms with Gasteiger partial charge >= 0.3 is 6.18 Å². The molecule has 0 radical (unpaired) electrons. The molecule has 9 heteroatoms. The zero-order chi connectivity index (χ0) is 19.9. The highest BCUT2D eigenvalue weighted by Gasteiger charge is 2.33. The summed E-state index contributed by atoms with van der Waals surface area (Å²) in [6.07, 6.45) is -3.98. The average molecular weight is 399 g/mol. The van der Waals surface area contributed by atoms with Gasteiger partial charge in [0.05, 0.1) is 5.01 Å². The Morgan fingerprint density at radius 2 is 1.96 bits per heavy atom. The summed E-state index contributed by atoms with van der Waals surface area (Å²) >= 11 is 1.02. The van der Waals surface area contributed by atoms with Crippen molar-refractivity contribution in [1.82, 2.24) is 15.6 Å². The van der Waals surface area contributed by atoms with Crippen LogP contribution in [-0.2, 0) is 12.6 Å². The number of likely N-dealkylation sites (N-methyl/N-ethyl adjacent to an activating group) is 1. The molecule has 27 heavy (non-hydrogen) atoms. The van der Waals surface area contributed by atoms with Gasteiger partial charge < -0.3 is 15.5 Å². The van der Waals surface area contributed by atoms with Gasteiger partial charge in [-0.1, -0.05) is 18.2 Å². The molecule has 1 heterocycles. The van der Waals surface area contributed by atoms with Gasteiger partial charge in [-0.15, -0.1) is 11.3 Å². The first-order valence-corrected chi connectivity index (χ1v) is 9.43. The Kier molecular flexibility index (Phi) is 7.46. The van der Waals surface area contributed by atoms with E-state index in [-0.39, 0.29) is 6.04 Å². The summed E-state index contributed by atoms with van der Waals surface area (Å²) in [5.74, 6) is 0.607. The van der Waals surface area contributed by atoms with Crippen LogP contribution in [0.25, 0.3) is 0 Å². The van der Waals surface area contributed by atoms with Gasteiger partial charge in [0.15, 0.2) is 11.7 Å². The molecule has 0 aliphatic rings. The number of hydrogen-bond donors (Lipinski definition) is 2. The maximum atomic E-state index is 12.6. The number of anilines is 1. The number of rotatable bonds is 7. The van der Waals surface area contributed by atoms with E-state index in [2.05, 4.69) is 32.4 Å². The number of aromatic nitrogens is 1. The second-order valence-corrected chi connectivity index (χ2v) is 6.99. The van der Waals surface area contributed by atoms with E-state index >= 15 is 0 Å². The van der Waals surface area contributed by atoms with Crippen molar-refractivity contribution in [3.8, 4) is 0 Å². The molecule has 2 rings (SSSR count). The molecule has 0 fully saturated rings. The number of hydrogen-bond acceptors (Lipinski definition) is 4. The minimum absolute atomic E-state index is 0.222. The van der Waals surface area contributed by atoms with Crippen LogP contribution in [0.5, 0.6) is 0 Å². The fraction of sp³-hybridized carbons (Fsp3) is 0.444. The van der Waals surface area contributed by atoms with Crippen molar-refractivity contribution in [2.45, 2.75) is 25.6 Å². The van der Waals surface area contributed by atoms with Gasteiger partial charge in [0.2, 0.25) is 0 Å². The highest BCUT2D eigenvalue weighted by molar-refractivity contribution is 7.09. The molecular weight excluding hydrogens is 375 g/mol. The number of nitrogens with zero attached hydrogens (tertiary/aromatic N) is 3. The predicted octanol–water partition coefficient (Wildman–Crippen LogP) is 3.39.